The van der Waals surface area contributed by atoms with Crippen molar-refractivity contribution >= 4 is 91.9 Å². The summed E-state index contributed by atoms with van der Waals surface area (Å²) in [5.41, 5.74) is 9.09. The second-order valence-electron chi connectivity index (χ2n) is 13.5. The fourth-order valence-corrected chi connectivity index (χ4v) is 8.21. The Labute approximate surface area is 295 Å². The molecule has 11 rings (SSSR count). The smallest absolute Gasteiger partial charge is 0.0320 e. The van der Waals surface area contributed by atoms with Gasteiger partial charge in [-0.3, -0.25) is 0 Å². The van der Waals surface area contributed by atoms with Crippen LogP contribution in [0.4, 0.5) is 5.69 Å². The van der Waals surface area contributed by atoms with Crippen LogP contribution in [0.3, 0.4) is 0 Å². The topological polar surface area (TPSA) is 26.0 Å². The van der Waals surface area contributed by atoms with Gasteiger partial charge in [-0.1, -0.05) is 164 Å². The van der Waals surface area contributed by atoms with Gasteiger partial charge in [0.1, 0.15) is 0 Å². The SMILES string of the molecule is Nc1ccc2c(ccc3ccccc32)c1.c1ccc2c(c1)c1ccccc1c1cc(-c3ccc4c5ccccc5c5ccccc5c4c3)ccc21. The van der Waals surface area contributed by atoms with Gasteiger partial charge in [-0.2, -0.15) is 0 Å². The van der Waals surface area contributed by atoms with Crippen LogP contribution in [-0.4, -0.2) is 0 Å². The molecule has 0 atom stereocenters. The van der Waals surface area contributed by atoms with Gasteiger partial charge in [-0.05, 0) is 122 Å². The van der Waals surface area contributed by atoms with E-state index in [1.165, 1.54) is 97.3 Å². The van der Waals surface area contributed by atoms with E-state index in [4.69, 9.17) is 5.73 Å². The van der Waals surface area contributed by atoms with Crippen LogP contribution < -0.4 is 5.73 Å². The summed E-state index contributed by atoms with van der Waals surface area (Å²) in [7, 11) is 0. The summed E-state index contributed by atoms with van der Waals surface area (Å²) >= 11 is 0. The molecule has 0 heterocycles. The van der Waals surface area contributed by atoms with Crippen LogP contribution in [0, 0.1) is 0 Å². The van der Waals surface area contributed by atoms with Crippen LogP contribution >= 0.6 is 0 Å². The maximum Gasteiger partial charge on any atom is 0.0320 e. The Bertz CT molecular complexity index is 2930. The van der Waals surface area contributed by atoms with Crippen molar-refractivity contribution in [2.75, 3.05) is 5.73 Å². The van der Waals surface area contributed by atoms with E-state index < -0.39 is 0 Å². The zero-order valence-electron chi connectivity index (χ0n) is 28.0. The van der Waals surface area contributed by atoms with Crippen molar-refractivity contribution in [1.82, 2.24) is 0 Å². The van der Waals surface area contributed by atoms with E-state index in [0.717, 1.165) is 5.69 Å². The molecule has 0 saturated heterocycles. The molecule has 11 aromatic carbocycles. The molecule has 0 unspecified atom stereocenters. The second kappa shape index (κ2) is 11.7. The van der Waals surface area contributed by atoms with Crippen molar-refractivity contribution in [3.05, 3.63) is 188 Å². The first-order chi connectivity index (χ1) is 25.2. The molecule has 0 radical (unpaired) electrons. The molecular weight excluding hydrogens is 615 g/mol. The maximum absolute atomic E-state index is 5.77. The van der Waals surface area contributed by atoms with E-state index in [1.807, 2.05) is 12.1 Å². The number of hydrogen-bond donors (Lipinski definition) is 1. The van der Waals surface area contributed by atoms with Crippen molar-refractivity contribution in [2.45, 2.75) is 0 Å². The maximum atomic E-state index is 5.77. The van der Waals surface area contributed by atoms with E-state index in [2.05, 4.69) is 176 Å². The largest absolute Gasteiger partial charge is 0.399 e. The lowest BCUT2D eigenvalue weighted by Gasteiger charge is -2.14. The molecule has 0 saturated carbocycles. The number of fused-ring (bicyclic) bond motifs is 15. The lowest BCUT2D eigenvalue weighted by atomic mass is 9.90. The quantitative estimate of drug-likeness (QED) is 0.139. The van der Waals surface area contributed by atoms with Crippen LogP contribution in [0.5, 0.6) is 0 Å². The molecule has 51 heavy (non-hydrogen) atoms. The van der Waals surface area contributed by atoms with E-state index in [1.54, 1.807) is 0 Å². The summed E-state index contributed by atoms with van der Waals surface area (Å²) in [4.78, 5) is 0. The third-order valence-corrected chi connectivity index (χ3v) is 10.6. The first kappa shape index (κ1) is 29.2. The second-order valence-corrected chi connectivity index (χ2v) is 13.5. The molecule has 1 heteroatoms. The molecule has 0 aromatic heterocycles. The highest BCUT2D eigenvalue weighted by Gasteiger charge is 2.12. The summed E-state index contributed by atoms with van der Waals surface area (Å²) in [6.45, 7) is 0. The molecule has 1 nitrogen and oxygen atoms in total. The van der Waals surface area contributed by atoms with E-state index in [0.29, 0.717) is 0 Å². The van der Waals surface area contributed by atoms with Gasteiger partial charge in [0.15, 0.2) is 0 Å². The minimum absolute atomic E-state index is 0.817. The number of benzene rings is 11. The summed E-state index contributed by atoms with van der Waals surface area (Å²) in [5.74, 6) is 0. The van der Waals surface area contributed by atoms with Gasteiger partial charge < -0.3 is 5.73 Å². The normalized spacial score (nSPS) is 11.6. The van der Waals surface area contributed by atoms with Crippen LogP contribution in [0.15, 0.2) is 188 Å². The molecule has 0 spiro atoms. The molecule has 11 aromatic rings. The van der Waals surface area contributed by atoms with Crippen molar-refractivity contribution in [3.8, 4) is 11.1 Å². The van der Waals surface area contributed by atoms with Crippen LogP contribution in [-0.2, 0) is 0 Å². The summed E-state index contributed by atoms with van der Waals surface area (Å²) in [5, 5.41) is 20.8. The van der Waals surface area contributed by atoms with Gasteiger partial charge in [0.2, 0.25) is 0 Å². The fourth-order valence-electron chi connectivity index (χ4n) is 8.21. The number of nitrogen functional groups attached to an aromatic ring is 1. The van der Waals surface area contributed by atoms with Gasteiger partial charge in [-0.25, -0.2) is 0 Å². The van der Waals surface area contributed by atoms with Crippen molar-refractivity contribution in [2.24, 2.45) is 0 Å². The summed E-state index contributed by atoms with van der Waals surface area (Å²) in [6.07, 6.45) is 0. The van der Waals surface area contributed by atoms with Crippen LogP contribution in [0.1, 0.15) is 0 Å². The molecule has 0 aliphatic rings. The van der Waals surface area contributed by atoms with E-state index in [9.17, 15) is 0 Å². The monoisotopic (exact) mass is 647 g/mol. The average molecular weight is 648 g/mol. The summed E-state index contributed by atoms with van der Waals surface area (Å²) < 4.78 is 0. The Hall–Kier alpha value is -6.70. The predicted molar refractivity (Wildman–Crippen MR) is 223 cm³/mol. The minimum Gasteiger partial charge on any atom is -0.399 e. The number of nitrogens with two attached hydrogens (primary N) is 1. The average Bonchev–Trinajstić information content (AvgIpc) is 3.21. The van der Waals surface area contributed by atoms with Gasteiger partial charge in [-0.15, -0.1) is 0 Å². The standard InChI is InChI=1S/C36H22.C14H11N/c1-3-13-29-25(9-1)27-11-5-7-15-31(27)35-21-23(17-19-33(29)35)24-18-20-34-30-14-4-2-10-26(30)28-12-6-8-16-32(28)36(34)22-24;15-12-7-8-14-11(9-12)6-5-10-3-1-2-4-13(10)14/h1-22H;1-9H,15H2. The third kappa shape index (κ3) is 4.78. The number of rotatable bonds is 1. The number of anilines is 1. The molecule has 0 aliphatic carbocycles. The van der Waals surface area contributed by atoms with Crippen LogP contribution in [0.25, 0.3) is 97.3 Å². The van der Waals surface area contributed by atoms with Crippen LogP contribution in [0.2, 0.25) is 0 Å². The van der Waals surface area contributed by atoms with E-state index in [-0.39, 0.29) is 0 Å². The van der Waals surface area contributed by atoms with Crippen molar-refractivity contribution in [1.29, 1.82) is 0 Å². The Morgan fingerprint density at radius 1 is 0.216 bits per heavy atom. The number of hydrogen-bond acceptors (Lipinski definition) is 1. The Morgan fingerprint density at radius 3 is 0.980 bits per heavy atom. The Balaban J connectivity index is 0.000000182. The molecule has 238 valence electrons. The molecule has 2 N–H and O–H groups in total. The first-order valence-corrected chi connectivity index (χ1v) is 17.6. The highest BCUT2D eigenvalue weighted by atomic mass is 14.5. The van der Waals surface area contributed by atoms with Gasteiger partial charge in [0.25, 0.3) is 0 Å². The Kier molecular flexibility index (Phi) is 6.72. The highest BCUT2D eigenvalue weighted by Crippen LogP contribution is 2.40. The summed E-state index contributed by atoms with van der Waals surface area (Å²) in [6, 6.07) is 67.8. The lowest BCUT2D eigenvalue weighted by molar-refractivity contribution is 1.70. The van der Waals surface area contributed by atoms with Gasteiger partial charge >= 0.3 is 0 Å². The van der Waals surface area contributed by atoms with Gasteiger partial charge in [0.05, 0.1) is 0 Å². The Morgan fingerprint density at radius 2 is 0.529 bits per heavy atom. The zero-order chi connectivity index (χ0) is 33.9. The van der Waals surface area contributed by atoms with Crippen molar-refractivity contribution < 1.29 is 0 Å². The highest BCUT2D eigenvalue weighted by molar-refractivity contribution is 6.27. The predicted octanol–water partition coefficient (Wildman–Crippen LogP) is 13.8. The zero-order valence-corrected chi connectivity index (χ0v) is 28.0. The lowest BCUT2D eigenvalue weighted by Crippen LogP contribution is -1.86. The minimum atomic E-state index is 0.817. The molecule has 0 aliphatic heterocycles. The van der Waals surface area contributed by atoms with Crippen molar-refractivity contribution in [3.63, 3.8) is 0 Å². The molecule has 0 bridgehead atoms. The third-order valence-electron chi connectivity index (χ3n) is 10.6. The molecule has 0 fully saturated rings. The van der Waals surface area contributed by atoms with E-state index >= 15 is 0 Å². The molecular formula is C50H33N. The van der Waals surface area contributed by atoms with Gasteiger partial charge in [0, 0.05) is 5.69 Å². The fraction of sp³-hybridized carbons (Fsp3) is 0. The molecule has 0 amide bonds. The first-order valence-electron chi connectivity index (χ1n) is 17.6.